The van der Waals surface area contributed by atoms with E-state index in [9.17, 15) is 0 Å². The fourth-order valence-corrected chi connectivity index (χ4v) is 3.98. The van der Waals surface area contributed by atoms with Crippen molar-refractivity contribution in [3.05, 3.63) is 28.3 Å². The number of halogens is 1. The molecule has 0 bridgehead atoms. The first-order valence-corrected chi connectivity index (χ1v) is 7.29. The van der Waals surface area contributed by atoms with Gasteiger partial charge in [-0.2, -0.15) is 0 Å². The van der Waals surface area contributed by atoms with Crippen LogP contribution in [-0.4, -0.2) is 13.2 Å². The lowest BCUT2D eigenvalue weighted by Gasteiger charge is -2.38. The third-order valence-corrected chi connectivity index (χ3v) is 4.88. The van der Waals surface area contributed by atoms with E-state index in [1.54, 1.807) is 0 Å². The lowest BCUT2D eigenvalue weighted by Crippen LogP contribution is -2.38. The Hall–Kier alpha value is -0.730. The molecule has 2 aliphatic rings. The Kier molecular flexibility index (Phi) is 3.25. The first-order valence-electron chi connectivity index (χ1n) is 6.91. The molecule has 98 valence electrons. The molecule has 2 nitrogen and oxygen atoms in total. The normalized spacial score (nSPS) is 21.4. The molecule has 1 fully saturated rings. The van der Waals surface area contributed by atoms with E-state index < -0.39 is 0 Å². The smallest absolute Gasteiger partial charge is 0.123 e. The molecule has 3 rings (SSSR count). The van der Waals surface area contributed by atoms with Crippen molar-refractivity contribution in [3.63, 3.8) is 0 Å². The molecule has 2 N–H and O–H groups in total. The van der Waals surface area contributed by atoms with E-state index in [2.05, 4.69) is 0 Å². The van der Waals surface area contributed by atoms with E-state index in [1.165, 1.54) is 43.2 Å². The molecular formula is C15H20ClNO. The molecular weight excluding hydrogens is 246 g/mol. The molecule has 1 aromatic rings. The van der Waals surface area contributed by atoms with Gasteiger partial charge in [0.2, 0.25) is 0 Å². The minimum Gasteiger partial charge on any atom is -0.493 e. The van der Waals surface area contributed by atoms with Gasteiger partial charge < -0.3 is 10.5 Å². The van der Waals surface area contributed by atoms with Gasteiger partial charge >= 0.3 is 0 Å². The average Bonchev–Trinajstić information content (AvgIpc) is 2.87. The molecule has 1 aliphatic heterocycles. The zero-order valence-corrected chi connectivity index (χ0v) is 11.4. The lowest BCUT2D eigenvalue weighted by atomic mass is 9.68. The van der Waals surface area contributed by atoms with Gasteiger partial charge in [0.1, 0.15) is 5.75 Å². The zero-order valence-electron chi connectivity index (χ0n) is 10.7. The average molecular weight is 266 g/mol. The van der Waals surface area contributed by atoms with Crippen LogP contribution in [0.4, 0.5) is 0 Å². The Labute approximate surface area is 113 Å². The summed E-state index contributed by atoms with van der Waals surface area (Å²) in [5.74, 6) is 1.02. The molecule has 0 spiro atoms. The van der Waals surface area contributed by atoms with Crippen LogP contribution in [0.15, 0.2) is 12.1 Å². The topological polar surface area (TPSA) is 35.2 Å². The minimum absolute atomic E-state index is 0.0916. The van der Waals surface area contributed by atoms with Crippen molar-refractivity contribution in [1.29, 1.82) is 0 Å². The molecule has 1 aromatic carbocycles. The highest BCUT2D eigenvalue weighted by Crippen LogP contribution is 2.46. The maximum Gasteiger partial charge on any atom is 0.123 e. The van der Waals surface area contributed by atoms with Crippen molar-refractivity contribution >= 4 is 11.6 Å². The quantitative estimate of drug-likeness (QED) is 0.889. The van der Waals surface area contributed by atoms with Gasteiger partial charge in [0.15, 0.2) is 0 Å². The van der Waals surface area contributed by atoms with Crippen LogP contribution < -0.4 is 10.5 Å². The van der Waals surface area contributed by atoms with Crippen molar-refractivity contribution < 1.29 is 4.74 Å². The fraction of sp³-hybridized carbons (Fsp3) is 0.600. The lowest BCUT2D eigenvalue weighted by molar-refractivity contribution is 0.299. The largest absolute Gasteiger partial charge is 0.493 e. The first-order chi connectivity index (χ1) is 8.77. The molecule has 18 heavy (non-hydrogen) atoms. The number of hydrogen-bond acceptors (Lipinski definition) is 2. The summed E-state index contributed by atoms with van der Waals surface area (Å²) in [6.07, 6.45) is 7.16. The van der Waals surface area contributed by atoms with Crippen LogP contribution in [0.3, 0.4) is 0 Å². The molecule has 1 aliphatic carbocycles. The van der Waals surface area contributed by atoms with E-state index in [0.717, 1.165) is 23.8 Å². The monoisotopic (exact) mass is 265 g/mol. The van der Waals surface area contributed by atoms with E-state index in [-0.39, 0.29) is 5.41 Å². The number of benzene rings is 1. The Morgan fingerprint density at radius 3 is 2.72 bits per heavy atom. The second-order valence-electron chi connectivity index (χ2n) is 5.54. The second-order valence-corrected chi connectivity index (χ2v) is 5.95. The maximum atomic E-state index is 6.50. The Balaban J connectivity index is 2.12. The van der Waals surface area contributed by atoms with Gasteiger partial charge in [0.25, 0.3) is 0 Å². The van der Waals surface area contributed by atoms with Crippen molar-refractivity contribution in [2.24, 2.45) is 5.73 Å². The van der Waals surface area contributed by atoms with E-state index >= 15 is 0 Å². The van der Waals surface area contributed by atoms with Crippen molar-refractivity contribution in [2.75, 3.05) is 13.2 Å². The predicted molar refractivity (Wildman–Crippen MR) is 74.5 cm³/mol. The number of nitrogens with two attached hydrogens (primary N) is 1. The van der Waals surface area contributed by atoms with Crippen LogP contribution in [0.1, 0.15) is 43.2 Å². The number of hydrogen-bond donors (Lipinski definition) is 1. The summed E-state index contributed by atoms with van der Waals surface area (Å²) in [4.78, 5) is 0. The fourth-order valence-electron chi connectivity index (χ4n) is 3.60. The maximum absolute atomic E-state index is 6.50. The number of ether oxygens (including phenoxy) is 1. The highest BCUT2D eigenvalue weighted by molar-refractivity contribution is 6.31. The summed E-state index contributed by atoms with van der Waals surface area (Å²) < 4.78 is 5.67. The first kappa shape index (κ1) is 12.3. The Morgan fingerprint density at radius 1 is 1.22 bits per heavy atom. The highest BCUT2D eigenvalue weighted by Gasteiger charge is 2.37. The van der Waals surface area contributed by atoms with E-state index in [0.29, 0.717) is 6.54 Å². The summed E-state index contributed by atoms with van der Waals surface area (Å²) in [5, 5.41) is 0.881. The molecule has 0 unspecified atom stereocenters. The molecule has 1 heterocycles. The van der Waals surface area contributed by atoms with Crippen molar-refractivity contribution in [1.82, 2.24) is 0 Å². The summed E-state index contributed by atoms with van der Waals surface area (Å²) in [5.41, 5.74) is 8.83. The standard InChI is InChI=1S/C15H20ClNO/c16-12-4-5-13-11(6-9-18-13)14(12)15(10-17)7-2-1-3-8-15/h4-5H,1-3,6-10,17H2. The van der Waals surface area contributed by atoms with Crippen LogP contribution in [0.25, 0.3) is 0 Å². The van der Waals surface area contributed by atoms with Gasteiger partial charge in [0.05, 0.1) is 6.61 Å². The molecule has 0 radical (unpaired) electrons. The SMILES string of the molecule is NCC1(c2c(Cl)ccc3c2CCO3)CCCCC1. The van der Waals surface area contributed by atoms with Crippen molar-refractivity contribution in [2.45, 2.75) is 43.9 Å². The summed E-state index contributed by atoms with van der Waals surface area (Å²) in [6.45, 7) is 1.48. The van der Waals surface area contributed by atoms with Gasteiger partial charge in [-0.15, -0.1) is 0 Å². The summed E-state index contributed by atoms with van der Waals surface area (Å²) >= 11 is 6.50. The number of fused-ring (bicyclic) bond motifs is 1. The van der Waals surface area contributed by atoms with Crippen molar-refractivity contribution in [3.8, 4) is 5.75 Å². The second kappa shape index (κ2) is 4.75. The van der Waals surface area contributed by atoms with Crippen LogP contribution in [0, 0.1) is 0 Å². The minimum atomic E-state index is 0.0916. The molecule has 0 atom stereocenters. The highest BCUT2D eigenvalue weighted by atomic mass is 35.5. The number of rotatable bonds is 2. The molecule has 0 aromatic heterocycles. The van der Waals surface area contributed by atoms with Crippen LogP contribution in [-0.2, 0) is 11.8 Å². The van der Waals surface area contributed by atoms with Gasteiger partial charge in [-0.05, 0) is 30.5 Å². The molecule has 0 saturated heterocycles. The Morgan fingerprint density at radius 2 is 2.00 bits per heavy atom. The zero-order chi connectivity index (χ0) is 12.6. The van der Waals surface area contributed by atoms with Gasteiger partial charge in [0, 0.05) is 29.0 Å². The van der Waals surface area contributed by atoms with E-state index in [4.69, 9.17) is 22.1 Å². The predicted octanol–water partition coefficient (Wildman–Crippen LogP) is 3.44. The third-order valence-electron chi connectivity index (χ3n) is 4.56. The third kappa shape index (κ3) is 1.83. The van der Waals surface area contributed by atoms with Crippen LogP contribution >= 0.6 is 11.6 Å². The van der Waals surface area contributed by atoms with Gasteiger partial charge in [-0.25, -0.2) is 0 Å². The van der Waals surface area contributed by atoms with E-state index in [1.807, 2.05) is 12.1 Å². The Bertz CT molecular complexity index is 452. The summed E-state index contributed by atoms with van der Waals surface area (Å²) in [6, 6.07) is 3.98. The molecule has 3 heteroatoms. The molecule has 0 amide bonds. The van der Waals surface area contributed by atoms with Gasteiger partial charge in [-0.3, -0.25) is 0 Å². The summed E-state index contributed by atoms with van der Waals surface area (Å²) in [7, 11) is 0. The van der Waals surface area contributed by atoms with Crippen LogP contribution in [0.5, 0.6) is 5.75 Å². The van der Waals surface area contributed by atoms with Crippen LogP contribution in [0.2, 0.25) is 5.02 Å². The molecule has 1 saturated carbocycles. The van der Waals surface area contributed by atoms with Gasteiger partial charge in [-0.1, -0.05) is 30.9 Å².